The minimum absolute atomic E-state index is 0.148. The summed E-state index contributed by atoms with van der Waals surface area (Å²) in [6, 6.07) is 0.106. The molecule has 4 nitrogen and oxygen atoms in total. The Labute approximate surface area is 93.0 Å². The molecule has 0 heterocycles. The molecular weight excluding hydrogens is 192 g/mol. The molecule has 0 saturated heterocycles. The van der Waals surface area contributed by atoms with Gasteiger partial charge in [0.1, 0.15) is 6.04 Å². The Bertz CT molecular complexity index is 183. The first-order valence-electron chi connectivity index (χ1n) is 5.58. The van der Waals surface area contributed by atoms with Crippen molar-refractivity contribution in [3.63, 3.8) is 0 Å². The van der Waals surface area contributed by atoms with Crippen LogP contribution < -0.4 is 5.32 Å². The van der Waals surface area contributed by atoms with Crippen LogP contribution in [0.2, 0.25) is 0 Å². The highest BCUT2D eigenvalue weighted by Gasteiger charge is 2.19. The number of ether oxygens (including phenoxy) is 1. The summed E-state index contributed by atoms with van der Waals surface area (Å²) in [5, 5.41) is 3.27. The zero-order valence-electron chi connectivity index (χ0n) is 10.5. The lowest BCUT2D eigenvalue weighted by atomic mass is 10.2. The number of carbonyl (C=O) groups excluding carboxylic acids is 1. The lowest BCUT2D eigenvalue weighted by molar-refractivity contribution is -0.146. The molecule has 0 amide bonds. The van der Waals surface area contributed by atoms with E-state index in [1.54, 1.807) is 0 Å². The van der Waals surface area contributed by atoms with Crippen LogP contribution in [-0.4, -0.2) is 50.2 Å². The standard InChI is InChI=1S/C11H24N2O2/c1-6-10(11(14)15-7-2)12-9(3)8-13(4)5/h9-10,12H,6-8H2,1-5H3. The lowest BCUT2D eigenvalue weighted by Crippen LogP contribution is -2.46. The Morgan fingerprint density at radius 3 is 2.40 bits per heavy atom. The largest absolute Gasteiger partial charge is 0.465 e. The van der Waals surface area contributed by atoms with Gasteiger partial charge in [-0.15, -0.1) is 0 Å². The van der Waals surface area contributed by atoms with Crippen molar-refractivity contribution >= 4 is 5.97 Å². The van der Waals surface area contributed by atoms with Crippen molar-refractivity contribution < 1.29 is 9.53 Å². The molecule has 2 atom stereocenters. The molecular formula is C11H24N2O2. The summed E-state index contributed by atoms with van der Waals surface area (Å²) >= 11 is 0. The van der Waals surface area contributed by atoms with Gasteiger partial charge in [0.05, 0.1) is 6.61 Å². The molecule has 0 radical (unpaired) electrons. The van der Waals surface area contributed by atoms with Crippen LogP contribution in [-0.2, 0) is 9.53 Å². The minimum Gasteiger partial charge on any atom is -0.465 e. The Hall–Kier alpha value is -0.610. The summed E-state index contributed by atoms with van der Waals surface area (Å²) in [5.74, 6) is -0.148. The third-order valence-electron chi connectivity index (χ3n) is 2.10. The van der Waals surface area contributed by atoms with E-state index in [1.807, 2.05) is 27.9 Å². The molecule has 2 unspecified atom stereocenters. The maximum absolute atomic E-state index is 11.5. The maximum Gasteiger partial charge on any atom is 0.323 e. The predicted octanol–water partition coefficient (Wildman–Crippen LogP) is 0.868. The molecule has 0 aromatic carbocycles. The van der Waals surface area contributed by atoms with Gasteiger partial charge in [-0.3, -0.25) is 4.79 Å². The second-order valence-corrected chi connectivity index (χ2v) is 4.04. The zero-order chi connectivity index (χ0) is 11.8. The van der Waals surface area contributed by atoms with Gasteiger partial charge in [-0.2, -0.15) is 0 Å². The van der Waals surface area contributed by atoms with Gasteiger partial charge in [-0.1, -0.05) is 6.92 Å². The smallest absolute Gasteiger partial charge is 0.323 e. The van der Waals surface area contributed by atoms with E-state index >= 15 is 0 Å². The van der Waals surface area contributed by atoms with Crippen LogP contribution in [0.4, 0.5) is 0 Å². The lowest BCUT2D eigenvalue weighted by Gasteiger charge is -2.23. The van der Waals surface area contributed by atoms with Gasteiger partial charge in [0.15, 0.2) is 0 Å². The molecule has 90 valence electrons. The quantitative estimate of drug-likeness (QED) is 0.641. The Morgan fingerprint density at radius 1 is 1.40 bits per heavy atom. The van der Waals surface area contributed by atoms with E-state index in [0.717, 1.165) is 13.0 Å². The summed E-state index contributed by atoms with van der Waals surface area (Å²) in [4.78, 5) is 13.6. The van der Waals surface area contributed by atoms with Crippen molar-refractivity contribution in [3.05, 3.63) is 0 Å². The van der Waals surface area contributed by atoms with Crippen LogP contribution in [0, 0.1) is 0 Å². The highest BCUT2D eigenvalue weighted by Crippen LogP contribution is 1.98. The van der Waals surface area contributed by atoms with Crippen molar-refractivity contribution in [2.24, 2.45) is 0 Å². The van der Waals surface area contributed by atoms with Crippen LogP contribution in [0.15, 0.2) is 0 Å². The van der Waals surface area contributed by atoms with E-state index in [9.17, 15) is 4.79 Å². The fraction of sp³-hybridized carbons (Fsp3) is 0.909. The van der Waals surface area contributed by atoms with Crippen molar-refractivity contribution in [2.45, 2.75) is 39.3 Å². The SMILES string of the molecule is CCOC(=O)C(CC)NC(C)CN(C)C. The molecule has 4 heteroatoms. The predicted molar refractivity (Wildman–Crippen MR) is 61.9 cm³/mol. The van der Waals surface area contributed by atoms with Crippen molar-refractivity contribution in [3.8, 4) is 0 Å². The molecule has 0 saturated carbocycles. The second kappa shape index (κ2) is 7.65. The normalized spacial score (nSPS) is 15.1. The number of hydrogen-bond donors (Lipinski definition) is 1. The molecule has 0 rings (SSSR count). The average Bonchev–Trinajstić information content (AvgIpc) is 2.13. The number of carbonyl (C=O) groups is 1. The third kappa shape index (κ3) is 6.47. The average molecular weight is 216 g/mol. The van der Waals surface area contributed by atoms with E-state index < -0.39 is 0 Å². The number of nitrogens with one attached hydrogen (secondary N) is 1. The summed E-state index contributed by atoms with van der Waals surface area (Å²) in [6.45, 7) is 7.24. The first-order chi connectivity index (χ1) is 7.01. The van der Waals surface area contributed by atoms with E-state index in [1.165, 1.54) is 0 Å². The maximum atomic E-state index is 11.5. The second-order valence-electron chi connectivity index (χ2n) is 4.04. The number of esters is 1. The number of nitrogens with zero attached hydrogens (tertiary/aromatic N) is 1. The van der Waals surface area contributed by atoms with Gasteiger partial charge in [-0.25, -0.2) is 0 Å². The first-order valence-corrected chi connectivity index (χ1v) is 5.58. The molecule has 0 fully saturated rings. The van der Waals surface area contributed by atoms with Crippen LogP contribution in [0.3, 0.4) is 0 Å². The molecule has 0 aromatic heterocycles. The molecule has 0 aliphatic carbocycles. The Balaban J connectivity index is 4.02. The van der Waals surface area contributed by atoms with Gasteiger partial charge in [0, 0.05) is 12.6 Å². The summed E-state index contributed by atoms with van der Waals surface area (Å²) in [5.41, 5.74) is 0. The molecule has 0 spiro atoms. The fourth-order valence-electron chi connectivity index (χ4n) is 1.54. The molecule has 1 N–H and O–H groups in total. The highest BCUT2D eigenvalue weighted by atomic mass is 16.5. The Kier molecular flexibility index (Phi) is 7.34. The van der Waals surface area contributed by atoms with Gasteiger partial charge in [0.2, 0.25) is 0 Å². The van der Waals surface area contributed by atoms with Gasteiger partial charge >= 0.3 is 5.97 Å². The molecule has 0 aromatic rings. The number of likely N-dealkylation sites (N-methyl/N-ethyl adjacent to an activating group) is 1. The summed E-state index contributed by atoms with van der Waals surface area (Å²) in [6.07, 6.45) is 0.761. The molecule has 0 aliphatic heterocycles. The van der Waals surface area contributed by atoms with Crippen LogP contribution >= 0.6 is 0 Å². The third-order valence-corrected chi connectivity index (χ3v) is 2.10. The fourth-order valence-corrected chi connectivity index (χ4v) is 1.54. The van der Waals surface area contributed by atoms with Gasteiger partial charge in [0.25, 0.3) is 0 Å². The van der Waals surface area contributed by atoms with Crippen molar-refractivity contribution in [1.82, 2.24) is 10.2 Å². The monoisotopic (exact) mass is 216 g/mol. The first kappa shape index (κ1) is 14.4. The molecule has 15 heavy (non-hydrogen) atoms. The van der Waals surface area contributed by atoms with Crippen LogP contribution in [0.5, 0.6) is 0 Å². The minimum atomic E-state index is -0.181. The molecule has 0 aliphatic rings. The summed E-state index contributed by atoms with van der Waals surface area (Å²) in [7, 11) is 4.03. The number of rotatable bonds is 7. The van der Waals surface area contributed by atoms with Crippen molar-refractivity contribution in [1.29, 1.82) is 0 Å². The van der Waals surface area contributed by atoms with Crippen molar-refractivity contribution in [2.75, 3.05) is 27.2 Å². The van der Waals surface area contributed by atoms with Crippen LogP contribution in [0.1, 0.15) is 27.2 Å². The zero-order valence-corrected chi connectivity index (χ0v) is 10.5. The van der Waals surface area contributed by atoms with Crippen LogP contribution in [0.25, 0.3) is 0 Å². The number of hydrogen-bond acceptors (Lipinski definition) is 4. The topological polar surface area (TPSA) is 41.6 Å². The van der Waals surface area contributed by atoms with Gasteiger partial charge < -0.3 is 15.0 Å². The van der Waals surface area contributed by atoms with E-state index in [4.69, 9.17) is 4.74 Å². The Morgan fingerprint density at radius 2 is 2.00 bits per heavy atom. The van der Waals surface area contributed by atoms with E-state index in [2.05, 4.69) is 17.1 Å². The van der Waals surface area contributed by atoms with E-state index in [0.29, 0.717) is 6.61 Å². The van der Waals surface area contributed by atoms with E-state index in [-0.39, 0.29) is 18.1 Å². The molecule has 0 bridgehead atoms. The summed E-state index contributed by atoms with van der Waals surface area (Å²) < 4.78 is 4.99. The highest BCUT2D eigenvalue weighted by molar-refractivity contribution is 5.75. The van der Waals surface area contributed by atoms with Gasteiger partial charge in [-0.05, 0) is 34.4 Å².